The van der Waals surface area contributed by atoms with Crippen LogP contribution in [0.25, 0.3) is 5.57 Å². The molecule has 0 saturated heterocycles. The molecule has 0 aliphatic carbocycles. The van der Waals surface area contributed by atoms with Gasteiger partial charge in [-0.05, 0) is 6.42 Å². The zero-order valence-corrected chi connectivity index (χ0v) is 7.53. The maximum Gasteiger partial charge on any atom is 0.337 e. The van der Waals surface area contributed by atoms with Crippen LogP contribution in [0.5, 0.6) is 0 Å². The molecule has 70 valence electrons. The van der Waals surface area contributed by atoms with E-state index >= 15 is 0 Å². The summed E-state index contributed by atoms with van der Waals surface area (Å²) in [7, 11) is 0. The fourth-order valence-corrected chi connectivity index (χ4v) is 1.01. The zero-order valence-electron chi connectivity index (χ0n) is 7.53. The molecule has 0 saturated carbocycles. The number of carboxylic acid groups (broad SMARTS) is 1. The summed E-state index contributed by atoms with van der Waals surface area (Å²) in [5.74, 6) is -1.03. The average molecular weight is 180 g/mol. The molecule has 4 nitrogen and oxygen atoms in total. The first kappa shape index (κ1) is 9.51. The van der Waals surface area contributed by atoms with Gasteiger partial charge in [0.15, 0.2) is 0 Å². The van der Waals surface area contributed by atoms with Crippen LogP contribution in [0.1, 0.15) is 19.0 Å². The minimum atomic E-state index is -1.03. The summed E-state index contributed by atoms with van der Waals surface area (Å²) < 4.78 is 1.85. The van der Waals surface area contributed by atoms with E-state index in [0.717, 1.165) is 13.0 Å². The molecular formula is C9H12N2O2. The van der Waals surface area contributed by atoms with Crippen LogP contribution >= 0.6 is 0 Å². The Morgan fingerprint density at radius 3 is 3.00 bits per heavy atom. The molecule has 1 N–H and O–H groups in total. The van der Waals surface area contributed by atoms with E-state index in [1.165, 1.54) is 0 Å². The topological polar surface area (TPSA) is 55.1 Å². The molecule has 0 aromatic carbocycles. The Morgan fingerprint density at radius 2 is 2.46 bits per heavy atom. The lowest BCUT2D eigenvalue weighted by molar-refractivity contribution is -0.130. The fourth-order valence-electron chi connectivity index (χ4n) is 1.01. The van der Waals surface area contributed by atoms with Crippen molar-refractivity contribution in [1.82, 2.24) is 9.55 Å². The number of hydrogen-bond acceptors (Lipinski definition) is 2. The molecule has 1 aromatic heterocycles. The lowest BCUT2D eigenvalue weighted by Gasteiger charge is -1.95. The first-order valence-electron chi connectivity index (χ1n) is 4.09. The molecule has 0 atom stereocenters. The van der Waals surface area contributed by atoms with Crippen LogP contribution in [0.2, 0.25) is 0 Å². The SMILES string of the molecule is C=C(C(=O)O)c1cn(CCC)cn1. The molecule has 0 fully saturated rings. The second kappa shape index (κ2) is 3.89. The molecule has 0 unspecified atom stereocenters. The second-order valence-corrected chi connectivity index (χ2v) is 2.78. The third kappa shape index (κ3) is 2.18. The smallest absolute Gasteiger partial charge is 0.337 e. The minimum Gasteiger partial charge on any atom is -0.478 e. The van der Waals surface area contributed by atoms with Crippen molar-refractivity contribution in [3.63, 3.8) is 0 Å². The van der Waals surface area contributed by atoms with Gasteiger partial charge >= 0.3 is 5.97 Å². The van der Waals surface area contributed by atoms with Crippen LogP contribution in [-0.2, 0) is 11.3 Å². The van der Waals surface area contributed by atoms with Crippen LogP contribution in [-0.4, -0.2) is 20.6 Å². The summed E-state index contributed by atoms with van der Waals surface area (Å²) in [6.45, 7) is 6.32. The van der Waals surface area contributed by atoms with E-state index in [2.05, 4.69) is 11.6 Å². The molecule has 1 rings (SSSR count). The largest absolute Gasteiger partial charge is 0.478 e. The van der Waals surface area contributed by atoms with E-state index in [4.69, 9.17) is 5.11 Å². The maximum atomic E-state index is 10.5. The predicted octanol–water partition coefficient (Wildman–Crippen LogP) is 1.39. The maximum absolute atomic E-state index is 10.5. The van der Waals surface area contributed by atoms with E-state index in [9.17, 15) is 4.79 Å². The van der Waals surface area contributed by atoms with Crippen molar-refractivity contribution in [3.05, 3.63) is 24.8 Å². The standard InChI is InChI=1S/C9H12N2O2/c1-3-4-11-5-8(10-6-11)7(2)9(12)13/h5-6H,2-4H2,1H3,(H,12,13). The van der Waals surface area contributed by atoms with Crippen LogP contribution in [0, 0.1) is 0 Å². The monoisotopic (exact) mass is 180 g/mol. The van der Waals surface area contributed by atoms with Gasteiger partial charge in [-0.1, -0.05) is 13.5 Å². The van der Waals surface area contributed by atoms with Gasteiger partial charge in [-0.15, -0.1) is 0 Å². The molecule has 1 aromatic rings. The Balaban J connectivity index is 2.79. The highest BCUT2D eigenvalue weighted by atomic mass is 16.4. The van der Waals surface area contributed by atoms with Gasteiger partial charge in [-0.3, -0.25) is 0 Å². The van der Waals surface area contributed by atoms with E-state index < -0.39 is 5.97 Å². The Labute approximate surface area is 76.5 Å². The van der Waals surface area contributed by atoms with Crippen molar-refractivity contribution >= 4 is 11.5 Å². The van der Waals surface area contributed by atoms with Gasteiger partial charge in [-0.2, -0.15) is 0 Å². The van der Waals surface area contributed by atoms with Gasteiger partial charge in [0.05, 0.1) is 17.6 Å². The van der Waals surface area contributed by atoms with E-state index in [1.807, 2.05) is 11.5 Å². The molecule has 0 amide bonds. The first-order valence-corrected chi connectivity index (χ1v) is 4.09. The molecule has 4 heteroatoms. The minimum absolute atomic E-state index is 0.0369. The molecule has 0 aliphatic rings. The number of nitrogens with zero attached hydrogens (tertiary/aromatic N) is 2. The highest BCUT2D eigenvalue weighted by Crippen LogP contribution is 2.09. The van der Waals surface area contributed by atoms with Crippen molar-refractivity contribution in [1.29, 1.82) is 0 Å². The summed E-state index contributed by atoms with van der Waals surface area (Å²) in [5, 5.41) is 8.63. The van der Waals surface area contributed by atoms with Crippen molar-refractivity contribution in [2.75, 3.05) is 0 Å². The summed E-state index contributed by atoms with van der Waals surface area (Å²) >= 11 is 0. The molecule has 1 heterocycles. The van der Waals surface area contributed by atoms with Crippen molar-refractivity contribution in [2.24, 2.45) is 0 Å². The number of hydrogen-bond donors (Lipinski definition) is 1. The van der Waals surface area contributed by atoms with Gasteiger partial charge < -0.3 is 9.67 Å². The second-order valence-electron chi connectivity index (χ2n) is 2.78. The number of aromatic nitrogens is 2. The van der Waals surface area contributed by atoms with Gasteiger partial charge in [0.1, 0.15) is 0 Å². The molecule has 13 heavy (non-hydrogen) atoms. The van der Waals surface area contributed by atoms with E-state index in [1.54, 1.807) is 12.5 Å². The number of rotatable bonds is 4. The van der Waals surface area contributed by atoms with Crippen LogP contribution < -0.4 is 0 Å². The number of aliphatic carboxylic acids is 1. The van der Waals surface area contributed by atoms with E-state index in [0.29, 0.717) is 5.69 Å². The Bertz CT molecular complexity index is 328. The van der Waals surface area contributed by atoms with Crippen molar-refractivity contribution < 1.29 is 9.90 Å². The third-order valence-corrected chi connectivity index (χ3v) is 1.68. The van der Waals surface area contributed by atoms with Gasteiger partial charge in [0, 0.05) is 12.7 Å². The van der Waals surface area contributed by atoms with Gasteiger partial charge in [0.2, 0.25) is 0 Å². The zero-order chi connectivity index (χ0) is 9.84. The fraction of sp³-hybridized carbons (Fsp3) is 0.333. The van der Waals surface area contributed by atoms with Gasteiger partial charge in [0.25, 0.3) is 0 Å². The predicted molar refractivity (Wildman–Crippen MR) is 49.2 cm³/mol. The quantitative estimate of drug-likeness (QED) is 0.712. The summed E-state index contributed by atoms with van der Waals surface area (Å²) in [5.41, 5.74) is 0.468. The molecule has 0 aliphatic heterocycles. The van der Waals surface area contributed by atoms with Crippen molar-refractivity contribution in [2.45, 2.75) is 19.9 Å². The number of carbonyl (C=O) groups is 1. The van der Waals surface area contributed by atoms with Crippen LogP contribution in [0.3, 0.4) is 0 Å². The Kier molecular flexibility index (Phi) is 2.84. The Hall–Kier alpha value is -1.58. The lowest BCUT2D eigenvalue weighted by Crippen LogP contribution is -1.98. The third-order valence-electron chi connectivity index (χ3n) is 1.68. The average Bonchev–Trinajstić information content (AvgIpc) is 2.52. The van der Waals surface area contributed by atoms with E-state index in [-0.39, 0.29) is 5.57 Å². The summed E-state index contributed by atoms with van der Waals surface area (Å²) in [6, 6.07) is 0. The molecule has 0 bridgehead atoms. The first-order chi connectivity index (χ1) is 6.15. The number of imidazole rings is 1. The van der Waals surface area contributed by atoms with Gasteiger partial charge in [-0.25, -0.2) is 9.78 Å². The Morgan fingerprint density at radius 1 is 1.77 bits per heavy atom. The number of aryl methyl sites for hydroxylation is 1. The van der Waals surface area contributed by atoms with Crippen LogP contribution in [0.15, 0.2) is 19.1 Å². The van der Waals surface area contributed by atoms with Crippen molar-refractivity contribution in [3.8, 4) is 0 Å². The van der Waals surface area contributed by atoms with Crippen LogP contribution in [0.4, 0.5) is 0 Å². The molecule has 0 radical (unpaired) electrons. The lowest BCUT2D eigenvalue weighted by atomic mass is 10.2. The summed E-state index contributed by atoms with van der Waals surface area (Å²) in [6.07, 6.45) is 4.31. The highest BCUT2D eigenvalue weighted by molar-refractivity contribution is 6.13. The molecule has 0 spiro atoms. The summed E-state index contributed by atoms with van der Waals surface area (Å²) in [4.78, 5) is 14.5. The normalized spacial score (nSPS) is 9.92. The molecular weight excluding hydrogens is 168 g/mol. The number of carboxylic acids is 1. The highest BCUT2D eigenvalue weighted by Gasteiger charge is 2.09.